The molecule has 0 radical (unpaired) electrons. The Hall–Kier alpha value is -1.58. The highest BCUT2D eigenvalue weighted by molar-refractivity contribution is 6.36. The van der Waals surface area contributed by atoms with Gasteiger partial charge in [-0.15, -0.1) is 0 Å². The molecule has 1 aliphatic carbocycles. The fourth-order valence-corrected chi connectivity index (χ4v) is 2.96. The lowest BCUT2D eigenvalue weighted by molar-refractivity contribution is 0.0688. The molecule has 1 amide bonds. The van der Waals surface area contributed by atoms with Gasteiger partial charge in [0.2, 0.25) is 0 Å². The number of methoxy groups -OCH3 is 1. The van der Waals surface area contributed by atoms with Crippen molar-refractivity contribution < 1.29 is 9.53 Å². The van der Waals surface area contributed by atoms with Crippen LogP contribution in [0.15, 0.2) is 36.4 Å². The first-order valence-electron chi connectivity index (χ1n) is 7.66. The van der Waals surface area contributed by atoms with E-state index in [2.05, 4.69) is 0 Å². The molecule has 4 heteroatoms. The van der Waals surface area contributed by atoms with Crippen LogP contribution in [0, 0.1) is 5.92 Å². The number of hydrogen-bond acceptors (Lipinski definition) is 2. The summed E-state index contributed by atoms with van der Waals surface area (Å²) in [7, 11) is 1.66. The van der Waals surface area contributed by atoms with E-state index in [0.717, 1.165) is 22.9 Å². The molecule has 0 unspecified atom stereocenters. The maximum absolute atomic E-state index is 13.0. The molecule has 0 aliphatic heterocycles. The number of halogens is 1. The van der Waals surface area contributed by atoms with Crippen LogP contribution in [0.3, 0.4) is 0 Å². The first-order valence-corrected chi connectivity index (χ1v) is 8.04. The third kappa shape index (κ3) is 3.26. The van der Waals surface area contributed by atoms with E-state index in [-0.39, 0.29) is 5.91 Å². The van der Waals surface area contributed by atoms with E-state index < -0.39 is 0 Å². The molecule has 2 aromatic rings. The van der Waals surface area contributed by atoms with E-state index in [9.17, 15) is 4.79 Å². The van der Waals surface area contributed by atoms with E-state index in [1.807, 2.05) is 41.3 Å². The second-order valence-electron chi connectivity index (χ2n) is 5.83. The number of nitrogens with zero attached hydrogens (tertiary/aromatic N) is 1. The van der Waals surface area contributed by atoms with E-state index in [1.165, 1.54) is 12.8 Å². The number of hydrogen-bond donors (Lipinski definition) is 0. The normalized spacial score (nSPS) is 14.3. The number of benzene rings is 2. The molecule has 22 heavy (non-hydrogen) atoms. The Labute approximate surface area is 135 Å². The van der Waals surface area contributed by atoms with E-state index in [0.29, 0.717) is 24.1 Å². The molecule has 1 fully saturated rings. The summed E-state index contributed by atoms with van der Waals surface area (Å²) in [5.74, 6) is 0.719. The van der Waals surface area contributed by atoms with Gasteiger partial charge in [0.25, 0.3) is 5.91 Å². The van der Waals surface area contributed by atoms with Crippen molar-refractivity contribution in [2.75, 3.05) is 26.8 Å². The molecule has 0 atom stereocenters. The van der Waals surface area contributed by atoms with Crippen LogP contribution in [0.25, 0.3) is 10.8 Å². The first-order chi connectivity index (χ1) is 10.7. The molecule has 1 saturated carbocycles. The van der Waals surface area contributed by atoms with Crippen LogP contribution in [-0.2, 0) is 4.74 Å². The number of ether oxygens (including phenoxy) is 1. The minimum Gasteiger partial charge on any atom is -0.383 e. The van der Waals surface area contributed by atoms with Crippen molar-refractivity contribution in [3.8, 4) is 0 Å². The predicted octanol–water partition coefficient (Wildman–Crippen LogP) is 3.99. The molecule has 0 bridgehead atoms. The number of carbonyl (C=O) groups excluding carboxylic acids is 1. The molecular weight excluding hydrogens is 298 g/mol. The number of fused-ring (bicyclic) bond motifs is 1. The third-order valence-electron chi connectivity index (χ3n) is 4.13. The van der Waals surface area contributed by atoms with Gasteiger partial charge < -0.3 is 9.64 Å². The average Bonchev–Trinajstić information content (AvgIpc) is 3.35. The van der Waals surface area contributed by atoms with Crippen molar-refractivity contribution in [3.05, 3.63) is 47.0 Å². The summed E-state index contributed by atoms with van der Waals surface area (Å²) >= 11 is 6.25. The Bertz CT molecular complexity index is 682. The summed E-state index contributed by atoms with van der Waals surface area (Å²) in [5, 5.41) is 2.52. The highest BCUT2D eigenvalue weighted by Gasteiger charge is 2.27. The van der Waals surface area contributed by atoms with Crippen LogP contribution in [0.5, 0.6) is 0 Å². The highest BCUT2D eigenvalue weighted by Crippen LogP contribution is 2.31. The van der Waals surface area contributed by atoms with Gasteiger partial charge in [-0.2, -0.15) is 0 Å². The van der Waals surface area contributed by atoms with Crippen LogP contribution < -0.4 is 0 Å². The fraction of sp³-hybridized carbons (Fsp3) is 0.389. The molecule has 1 aliphatic rings. The second kappa shape index (κ2) is 6.67. The van der Waals surface area contributed by atoms with Gasteiger partial charge in [0.05, 0.1) is 6.61 Å². The first kappa shape index (κ1) is 15.3. The number of amides is 1. The molecule has 0 N–H and O–H groups in total. The van der Waals surface area contributed by atoms with Gasteiger partial charge in [-0.1, -0.05) is 35.9 Å². The summed E-state index contributed by atoms with van der Waals surface area (Å²) in [5.41, 5.74) is 0.719. The summed E-state index contributed by atoms with van der Waals surface area (Å²) < 4.78 is 5.15. The zero-order chi connectivity index (χ0) is 15.5. The van der Waals surface area contributed by atoms with Gasteiger partial charge in [0.1, 0.15) is 0 Å². The molecule has 2 aromatic carbocycles. The van der Waals surface area contributed by atoms with Crippen molar-refractivity contribution in [1.29, 1.82) is 0 Å². The summed E-state index contributed by atoms with van der Waals surface area (Å²) in [6, 6.07) is 11.4. The van der Waals surface area contributed by atoms with E-state index >= 15 is 0 Å². The van der Waals surface area contributed by atoms with Crippen LogP contribution >= 0.6 is 11.6 Å². The molecule has 0 heterocycles. The van der Waals surface area contributed by atoms with Gasteiger partial charge in [-0.3, -0.25) is 4.79 Å². The van der Waals surface area contributed by atoms with Gasteiger partial charge in [-0.25, -0.2) is 0 Å². The molecule has 116 valence electrons. The summed E-state index contributed by atoms with van der Waals surface area (Å²) in [4.78, 5) is 14.9. The van der Waals surface area contributed by atoms with Crippen molar-refractivity contribution in [1.82, 2.24) is 4.90 Å². The van der Waals surface area contributed by atoms with Crippen LogP contribution in [0.2, 0.25) is 5.02 Å². The van der Waals surface area contributed by atoms with E-state index in [4.69, 9.17) is 16.3 Å². The molecule has 0 saturated heterocycles. The Kier molecular flexibility index (Phi) is 4.65. The lowest BCUT2D eigenvalue weighted by Gasteiger charge is -2.23. The van der Waals surface area contributed by atoms with Gasteiger partial charge >= 0.3 is 0 Å². The van der Waals surface area contributed by atoms with Gasteiger partial charge in [0.15, 0.2) is 0 Å². The SMILES string of the molecule is COCCN(CC1CC1)C(=O)c1cccc2c(Cl)cccc12. The van der Waals surface area contributed by atoms with Gasteiger partial charge in [0, 0.05) is 36.2 Å². The third-order valence-corrected chi connectivity index (χ3v) is 4.46. The highest BCUT2D eigenvalue weighted by atomic mass is 35.5. The monoisotopic (exact) mass is 317 g/mol. The molecule has 0 spiro atoms. The molecule has 0 aromatic heterocycles. The van der Waals surface area contributed by atoms with Crippen LogP contribution in [0.4, 0.5) is 0 Å². The smallest absolute Gasteiger partial charge is 0.254 e. The van der Waals surface area contributed by atoms with Crippen LogP contribution in [0.1, 0.15) is 23.2 Å². The molecular formula is C18H20ClNO2. The molecule has 3 rings (SSSR count). The summed E-state index contributed by atoms with van der Waals surface area (Å²) in [6.45, 7) is 2.01. The van der Waals surface area contributed by atoms with Crippen molar-refractivity contribution in [3.63, 3.8) is 0 Å². The summed E-state index contributed by atoms with van der Waals surface area (Å²) in [6.07, 6.45) is 2.44. The average molecular weight is 318 g/mol. The van der Waals surface area contributed by atoms with Gasteiger partial charge in [-0.05, 0) is 36.3 Å². The standard InChI is InChI=1S/C18H20ClNO2/c1-22-11-10-20(12-13-8-9-13)18(21)16-6-2-5-15-14(16)4-3-7-17(15)19/h2-7,13H,8-12H2,1H3. The Balaban J connectivity index is 1.93. The molecule has 3 nitrogen and oxygen atoms in total. The van der Waals surface area contributed by atoms with Crippen molar-refractivity contribution in [2.45, 2.75) is 12.8 Å². The zero-order valence-corrected chi connectivity index (χ0v) is 13.5. The second-order valence-corrected chi connectivity index (χ2v) is 6.24. The predicted molar refractivity (Wildman–Crippen MR) is 89.5 cm³/mol. The topological polar surface area (TPSA) is 29.5 Å². The largest absolute Gasteiger partial charge is 0.383 e. The zero-order valence-electron chi connectivity index (χ0n) is 12.7. The lowest BCUT2D eigenvalue weighted by Crippen LogP contribution is -2.35. The Morgan fingerprint density at radius 1 is 1.23 bits per heavy atom. The van der Waals surface area contributed by atoms with Crippen LogP contribution in [-0.4, -0.2) is 37.6 Å². The van der Waals surface area contributed by atoms with Crippen molar-refractivity contribution in [2.24, 2.45) is 5.92 Å². The van der Waals surface area contributed by atoms with Crippen molar-refractivity contribution >= 4 is 28.3 Å². The van der Waals surface area contributed by atoms with E-state index in [1.54, 1.807) is 7.11 Å². The maximum Gasteiger partial charge on any atom is 0.254 e. The minimum atomic E-state index is 0.0665. The number of rotatable bonds is 6. The fourth-order valence-electron chi connectivity index (χ4n) is 2.72. The lowest BCUT2D eigenvalue weighted by atomic mass is 10.0. The maximum atomic E-state index is 13.0. The Morgan fingerprint density at radius 3 is 2.68 bits per heavy atom. The number of carbonyl (C=O) groups is 1. The Morgan fingerprint density at radius 2 is 1.95 bits per heavy atom. The minimum absolute atomic E-state index is 0.0665. The quantitative estimate of drug-likeness (QED) is 0.806.